The molecule has 0 bridgehead atoms. The zero-order chi connectivity index (χ0) is 25.4. The lowest BCUT2D eigenvalue weighted by atomic mass is 9.97. The van der Waals surface area contributed by atoms with Gasteiger partial charge in [0.05, 0.1) is 40.5 Å². The van der Waals surface area contributed by atoms with Crippen LogP contribution in [-0.4, -0.2) is 22.1 Å². The molecule has 0 aliphatic carbocycles. The summed E-state index contributed by atoms with van der Waals surface area (Å²) in [6, 6.07) is 14.2. The van der Waals surface area contributed by atoms with Crippen LogP contribution in [0.4, 0.5) is 8.78 Å². The molecule has 1 amide bonds. The largest absolute Gasteiger partial charge is 0.492 e. The van der Waals surface area contributed by atoms with Crippen LogP contribution in [-0.2, 0) is 6.61 Å². The zero-order valence-electron chi connectivity index (χ0n) is 19.6. The van der Waals surface area contributed by atoms with Crippen molar-refractivity contribution in [1.82, 2.24) is 14.9 Å². The molecule has 1 aliphatic rings. The lowest BCUT2D eigenvalue weighted by molar-refractivity contribution is 0.0925. The van der Waals surface area contributed by atoms with Crippen LogP contribution in [0.25, 0.3) is 5.52 Å². The molecule has 9 heteroatoms. The van der Waals surface area contributed by atoms with Crippen molar-refractivity contribution in [3.05, 3.63) is 93.7 Å². The van der Waals surface area contributed by atoms with Crippen molar-refractivity contribution in [3.63, 3.8) is 0 Å². The quantitative estimate of drug-likeness (QED) is 0.430. The van der Waals surface area contributed by atoms with Gasteiger partial charge in [-0.2, -0.15) is 14.9 Å². The molecule has 1 N–H and O–H groups in total. The summed E-state index contributed by atoms with van der Waals surface area (Å²) < 4.78 is 41.1. The molecule has 0 saturated carbocycles. The molecule has 36 heavy (non-hydrogen) atoms. The van der Waals surface area contributed by atoms with Crippen LogP contribution in [0.1, 0.15) is 50.8 Å². The number of pyridine rings is 1. The zero-order valence-corrected chi connectivity index (χ0v) is 19.6. The van der Waals surface area contributed by atoms with E-state index in [-0.39, 0.29) is 30.0 Å². The topological polar surface area (TPSA) is 88.7 Å². The van der Waals surface area contributed by atoms with Gasteiger partial charge in [0, 0.05) is 18.1 Å². The first kappa shape index (κ1) is 23.3. The fourth-order valence-corrected chi connectivity index (χ4v) is 4.45. The summed E-state index contributed by atoms with van der Waals surface area (Å²) in [5.74, 6) is -0.997. The van der Waals surface area contributed by atoms with Gasteiger partial charge in [0.2, 0.25) is 5.88 Å². The molecule has 0 radical (unpaired) electrons. The van der Waals surface area contributed by atoms with Crippen LogP contribution in [0.15, 0.2) is 48.5 Å². The van der Waals surface area contributed by atoms with Crippen molar-refractivity contribution in [1.29, 1.82) is 5.26 Å². The number of nitrogens with one attached hydrogen (secondary N) is 1. The van der Waals surface area contributed by atoms with Gasteiger partial charge in [0.1, 0.15) is 30.1 Å². The van der Waals surface area contributed by atoms with Gasteiger partial charge in [-0.05, 0) is 43.7 Å². The number of nitriles is 1. The number of rotatable bonds is 5. The molecule has 3 heterocycles. The van der Waals surface area contributed by atoms with E-state index in [9.17, 15) is 18.8 Å². The van der Waals surface area contributed by atoms with Gasteiger partial charge >= 0.3 is 0 Å². The molecule has 1 atom stereocenters. The average Bonchev–Trinajstić information content (AvgIpc) is 3.19. The highest BCUT2D eigenvalue weighted by Crippen LogP contribution is 2.35. The molecule has 7 nitrogen and oxygen atoms in total. The first-order chi connectivity index (χ1) is 17.4. The molecule has 182 valence electrons. The maximum absolute atomic E-state index is 14.1. The number of hydrogen-bond donors (Lipinski definition) is 1. The van der Waals surface area contributed by atoms with Crippen LogP contribution in [0.5, 0.6) is 11.6 Å². The number of carbonyl (C=O) groups is 1. The van der Waals surface area contributed by atoms with Crippen LogP contribution in [0, 0.1) is 36.8 Å². The Morgan fingerprint density at radius 2 is 1.97 bits per heavy atom. The summed E-state index contributed by atoms with van der Waals surface area (Å²) in [4.78, 5) is 13.5. The fraction of sp³-hybridized carbons (Fsp3) is 0.222. The number of halogens is 2. The summed E-state index contributed by atoms with van der Waals surface area (Å²) in [5.41, 5.74) is 3.10. The first-order valence-corrected chi connectivity index (χ1v) is 11.4. The number of hydrogen-bond acceptors (Lipinski definition) is 5. The molecule has 1 unspecified atom stereocenters. The Morgan fingerprint density at radius 3 is 2.72 bits per heavy atom. The molecule has 4 aromatic rings. The first-order valence-electron chi connectivity index (χ1n) is 11.4. The van der Waals surface area contributed by atoms with Crippen molar-refractivity contribution < 1.29 is 23.0 Å². The third-order valence-corrected chi connectivity index (χ3v) is 6.17. The van der Waals surface area contributed by atoms with Gasteiger partial charge in [-0.15, -0.1) is 0 Å². The Balaban J connectivity index is 1.46. The maximum Gasteiger partial charge on any atom is 0.255 e. The molecular formula is C27H22F2N4O3. The molecule has 2 aromatic heterocycles. The summed E-state index contributed by atoms with van der Waals surface area (Å²) >= 11 is 0. The van der Waals surface area contributed by atoms with E-state index in [2.05, 4.69) is 16.5 Å². The van der Waals surface area contributed by atoms with Crippen LogP contribution in [0.2, 0.25) is 0 Å². The molecular weight excluding hydrogens is 466 g/mol. The number of ether oxygens (including phenoxy) is 2. The predicted molar refractivity (Wildman–Crippen MR) is 127 cm³/mol. The number of para-hydroxylation sites is 1. The third kappa shape index (κ3) is 4.11. The Hall–Kier alpha value is -4.45. The summed E-state index contributed by atoms with van der Waals surface area (Å²) in [7, 11) is 0. The van der Waals surface area contributed by atoms with Crippen molar-refractivity contribution in [2.24, 2.45) is 0 Å². The Labute approximate surface area is 205 Å². The lowest BCUT2D eigenvalue weighted by Gasteiger charge is -2.27. The summed E-state index contributed by atoms with van der Waals surface area (Å²) in [5, 5.41) is 16.9. The smallest absolute Gasteiger partial charge is 0.255 e. The monoisotopic (exact) mass is 488 g/mol. The van der Waals surface area contributed by atoms with Gasteiger partial charge in [0.25, 0.3) is 5.91 Å². The predicted octanol–water partition coefficient (Wildman–Crippen LogP) is 4.93. The Bertz CT molecular complexity index is 1520. The van der Waals surface area contributed by atoms with E-state index in [1.165, 1.54) is 22.7 Å². The second kappa shape index (κ2) is 9.30. The number of aromatic nitrogens is 2. The van der Waals surface area contributed by atoms with Gasteiger partial charge in [-0.25, -0.2) is 8.78 Å². The second-order valence-corrected chi connectivity index (χ2v) is 8.62. The molecule has 1 aliphatic heterocycles. The minimum Gasteiger partial charge on any atom is -0.492 e. The highest BCUT2D eigenvalue weighted by molar-refractivity contribution is 6.02. The second-order valence-electron chi connectivity index (χ2n) is 8.62. The highest BCUT2D eigenvalue weighted by Gasteiger charge is 2.28. The fourth-order valence-electron chi connectivity index (χ4n) is 4.45. The number of aryl methyl sites for hydroxylation is 2. The standard InChI is InChI=1S/C27H22F2N4O3/c1-15-11-23-25(27(34)31-22-9-10-35-26-17(13-30)5-3-6-18(22)26)16(2)32-33(23)24(12-15)36-14-19-20(28)7-4-8-21(19)29/h3-8,11-12,22H,9-10,14H2,1-2H3,(H,31,34). The summed E-state index contributed by atoms with van der Waals surface area (Å²) in [6.45, 7) is 3.58. The third-order valence-electron chi connectivity index (χ3n) is 6.17. The number of carbonyl (C=O) groups excluding carboxylic acids is 1. The van der Waals surface area contributed by atoms with E-state index in [1.54, 1.807) is 31.2 Å². The molecule has 5 rings (SSSR count). The number of amides is 1. The SMILES string of the molecule is Cc1cc(OCc2c(F)cccc2F)n2nc(C)c(C(=O)NC3CCOc4c(C#N)cccc43)c2c1. The van der Waals surface area contributed by atoms with Crippen LogP contribution < -0.4 is 14.8 Å². The summed E-state index contributed by atoms with van der Waals surface area (Å²) in [6.07, 6.45) is 0.549. The molecule has 2 aromatic carbocycles. The van der Waals surface area contributed by atoms with Crippen LogP contribution >= 0.6 is 0 Å². The van der Waals surface area contributed by atoms with E-state index >= 15 is 0 Å². The van der Waals surface area contributed by atoms with Crippen molar-refractivity contribution in [2.45, 2.75) is 32.9 Å². The number of nitrogens with zero attached hydrogens (tertiary/aromatic N) is 3. The Morgan fingerprint density at radius 1 is 1.22 bits per heavy atom. The van der Waals surface area contributed by atoms with E-state index < -0.39 is 11.6 Å². The van der Waals surface area contributed by atoms with Crippen molar-refractivity contribution in [2.75, 3.05) is 6.61 Å². The van der Waals surface area contributed by atoms with Crippen molar-refractivity contribution >= 4 is 11.4 Å². The van der Waals surface area contributed by atoms with Gasteiger partial charge in [-0.3, -0.25) is 4.79 Å². The minimum absolute atomic E-state index is 0.191. The normalized spacial score (nSPS) is 14.6. The molecule has 0 spiro atoms. The van der Waals surface area contributed by atoms with E-state index in [0.29, 0.717) is 41.1 Å². The van der Waals surface area contributed by atoms with Gasteiger partial charge in [0.15, 0.2) is 0 Å². The van der Waals surface area contributed by atoms with Gasteiger partial charge in [-0.1, -0.05) is 18.2 Å². The maximum atomic E-state index is 14.1. The molecule has 0 saturated heterocycles. The average molecular weight is 488 g/mol. The Kier molecular flexibility index (Phi) is 6.02. The molecule has 0 fully saturated rings. The van der Waals surface area contributed by atoms with Crippen molar-refractivity contribution in [3.8, 4) is 17.7 Å². The number of fused-ring (bicyclic) bond motifs is 2. The van der Waals surface area contributed by atoms with E-state index in [1.807, 2.05) is 13.0 Å². The highest BCUT2D eigenvalue weighted by atomic mass is 19.1. The van der Waals surface area contributed by atoms with E-state index in [4.69, 9.17) is 9.47 Å². The van der Waals surface area contributed by atoms with E-state index in [0.717, 1.165) is 11.1 Å². The minimum atomic E-state index is -0.702. The number of benzene rings is 2. The van der Waals surface area contributed by atoms with Gasteiger partial charge < -0.3 is 14.8 Å². The lowest BCUT2D eigenvalue weighted by Crippen LogP contribution is -2.32. The van der Waals surface area contributed by atoms with Crippen LogP contribution in [0.3, 0.4) is 0 Å².